The Morgan fingerprint density at radius 2 is 1.93 bits per heavy atom. The van der Waals surface area contributed by atoms with Gasteiger partial charge in [-0.1, -0.05) is 37.3 Å². The predicted octanol–water partition coefficient (Wildman–Crippen LogP) is 4.61. The van der Waals surface area contributed by atoms with Crippen LogP contribution in [0, 0.1) is 6.92 Å². The monoisotopic (exact) mass is 403 g/mol. The summed E-state index contributed by atoms with van der Waals surface area (Å²) in [5.41, 5.74) is 7.10. The van der Waals surface area contributed by atoms with Crippen LogP contribution in [0.1, 0.15) is 35.7 Å². The quantitative estimate of drug-likeness (QED) is 0.605. The minimum atomic E-state index is 0.982. The fraction of sp³-hybridized carbons (Fsp3) is 0.400. The van der Waals surface area contributed by atoms with Gasteiger partial charge in [-0.25, -0.2) is 0 Å². The van der Waals surface area contributed by atoms with Crippen LogP contribution in [0.3, 0.4) is 0 Å². The molecule has 2 heterocycles. The lowest BCUT2D eigenvalue weighted by Crippen LogP contribution is -2.43. The molecule has 1 fully saturated rings. The number of piperazine rings is 1. The van der Waals surface area contributed by atoms with E-state index in [4.69, 9.17) is 0 Å². The molecule has 2 N–H and O–H groups in total. The summed E-state index contributed by atoms with van der Waals surface area (Å²) in [5.74, 6) is 0. The number of nitrogens with zero attached hydrogens (tertiary/aromatic N) is 3. The number of anilines is 1. The predicted molar refractivity (Wildman–Crippen MR) is 128 cm³/mol. The minimum Gasteiger partial charge on any atom is -0.385 e. The molecule has 5 nitrogen and oxygen atoms in total. The average Bonchev–Trinajstić information content (AvgIpc) is 3.18. The maximum atomic E-state index is 4.56. The number of hydrogen-bond acceptors (Lipinski definition) is 4. The van der Waals surface area contributed by atoms with E-state index in [2.05, 4.69) is 94.8 Å². The number of benzene rings is 2. The Morgan fingerprint density at radius 1 is 1.10 bits per heavy atom. The van der Waals surface area contributed by atoms with Gasteiger partial charge < -0.3 is 10.2 Å². The van der Waals surface area contributed by atoms with E-state index < -0.39 is 0 Å². The van der Waals surface area contributed by atoms with Crippen LogP contribution in [0.5, 0.6) is 0 Å². The molecule has 0 aliphatic carbocycles. The molecule has 1 saturated heterocycles. The van der Waals surface area contributed by atoms with E-state index in [1.165, 1.54) is 27.8 Å². The number of rotatable bonds is 7. The SMILES string of the molecule is CCCNc1ccc2[nH]nc(/C=C/c3cccc(CN4CCN(C)CC4)c3)c2c1C. The summed E-state index contributed by atoms with van der Waals surface area (Å²) in [6.07, 6.45) is 5.42. The normalized spacial score (nSPS) is 16.0. The number of fused-ring (bicyclic) bond motifs is 1. The summed E-state index contributed by atoms with van der Waals surface area (Å²) in [7, 11) is 2.20. The fourth-order valence-electron chi connectivity index (χ4n) is 4.12. The van der Waals surface area contributed by atoms with Crippen LogP contribution in [0.25, 0.3) is 23.1 Å². The van der Waals surface area contributed by atoms with Crippen molar-refractivity contribution < 1.29 is 0 Å². The van der Waals surface area contributed by atoms with Crippen LogP contribution in [-0.2, 0) is 6.54 Å². The molecule has 0 radical (unpaired) electrons. The highest BCUT2D eigenvalue weighted by molar-refractivity contribution is 5.94. The summed E-state index contributed by atoms with van der Waals surface area (Å²) < 4.78 is 0. The van der Waals surface area contributed by atoms with Crippen molar-refractivity contribution in [1.82, 2.24) is 20.0 Å². The molecule has 4 rings (SSSR count). The Bertz CT molecular complexity index is 1010. The Labute approximate surface area is 179 Å². The first kappa shape index (κ1) is 20.6. The van der Waals surface area contributed by atoms with Crippen molar-refractivity contribution in [3.8, 4) is 0 Å². The van der Waals surface area contributed by atoms with Crippen LogP contribution in [-0.4, -0.2) is 59.8 Å². The van der Waals surface area contributed by atoms with Crippen LogP contribution in [0.15, 0.2) is 36.4 Å². The number of aromatic amines is 1. The first-order valence-electron chi connectivity index (χ1n) is 11.0. The zero-order valence-electron chi connectivity index (χ0n) is 18.4. The fourth-order valence-corrected chi connectivity index (χ4v) is 4.12. The zero-order chi connectivity index (χ0) is 20.9. The molecule has 30 heavy (non-hydrogen) atoms. The van der Waals surface area contributed by atoms with Gasteiger partial charge in [-0.3, -0.25) is 10.00 Å². The minimum absolute atomic E-state index is 0.982. The van der Waals surface area contributed by atoms with Gasteiger partial charge in [0.2, 0.25) is 0 Å². The molecule has 1 aromatic heterocycles. The molecule has 0 amide bonds. The second-order valence-corrected chi connectivity index (χ2v) is 8.35. The van der Waals surface area contributed by atoms with Crippen LogP contribution < -0.4 is 5.32 Å². The average molecular weight is 404 g/mol. The van der Waals surface area contributed by atoms with Gasteiger partial charge in [0.25, 0.3) is 0 Å². The Balaban J connectivity index is 1.51. The van der Waals surface area contributed by atoms with E-state index in [1.807, 2.05) is 0 Å². The second kappa shape index (κ2) is 9.45. The van der Waals surface area contributed by atoms with Gasteiger partial charge in [0, 0.05) is 50.3 Å². The standard InChI is InChI=1S/C25H33N5/c1-4-12-26-22-10-11-24-25(19(22)2)23(27-28-24)9-8-20-6-5-7-21(17-20)18-30-15-13-29(3)14-16-30/h5-11,17,26H,4,12-16,18H2,1-3H3,(H,27,28)/b9-8+. The van der Waals surface area contributed by atoms with E-state index in [9.17, 15) is 0 Å². The summed E-state index contributed by atoms with van der Waals surface area (Å²) in [6, 6.07) is 13.1. The number of hydrogen-bond donors (Lipinski definition) is 2. The molecule has 158 valence electrons. The van der Waals surface area contributed by atoms with Crippen molar-refractivity contribution in [3.63, 3.8) is 0 Å². The van der Waals surface area contributed by atoms with Crippen LogP contribution in [0.4, 0.5) is 5.69 Å². The highest BCUT2D eigenvalue weighted by atomic mass is 15.2. The van der Waals surface area contributed by atoms with Gasteiger partial charge in [0.15, 0.2) is 0 Å². The number of aromatic nitrogens is 2. The van der Waals surface area contributed by atoms with Crippen molar-refractivity contribution in [2.45, 2.75) is 26.8 Å². The third-order valence-electron chi connectivity index (χ3n) is 5.97. The summed E-state index contributed by atoms with van der Waals surface area (Å²) >= 11 is 0. The summed E-state index contributed by atoms with van der Waals surface area (Å²) in [5, 5.41) is 12.5. The second-order valence-electron chi connectivity index (χ2n) is 8.35. The Hall–Kier alpha value is -2.63. The topological polar surface area (TPSA) is 47.2 Å². The smallest absolute Gasteiger partial charge is 0.0930 e. The van der Waals surface area contributed by atoms with Crippen LogP contribution >= 0.6 is 0 Å². The molecule has 1 aliphatic rings. The highest BCUT2D eigenvalue weighted by Crippen LogP contribution is 2.28. The van der Waals surface area contributed by atoms with Crippen molar-refractivity contribution in [2.75, 3.05) is 45.1 Å². The molecule has 1 aliphatic heterocycles. The van der Waals surface area contributed by atoms with E-state index >= 15 is 0 Å². The third kappa shape index (κ3) is 4.74. The lowest BCUT2D eigenvalue weighted by atomic mass is 10.0. The molecule has 0 bridgehead atoms. The number of H-pyrrole nitrogens is 1. The number of nitrogens with one attached hydrogen (secondary N) is 2. The van der Waals surface area contributed by atoms with Crippen molar-refractivity contribution >= 4 is 28.7 Å². The van der Waals surface area contributed by atoms with Gasteiger partial charge in [-0.05, 0) is 55.3 Å². The van der Waals surface area contributed by atoms with Crippen molar-refractivity contribution in [2.24, 2.45) is 0 Å². The van der Waals surface area contributed by atoms with Gasteiger partial charge in [0.05, 0.1) is 11.2 Å². The molecule has 0 unspecified atom stereocenters. The summed E-state index contributed by atoms with van der Waals surface area (Å²) in [4.78, 5) is 4.94. The first-order valence-corrected chi connectivity index (χ1v) is 11.0. The van der Waals surface area contributed by atoms with Gasteiger partial charge in [-0.15, -0.1) is 0 Å². The molecule has 0 spiro atoms. The lowest BCUT2D eigenvalue weighted by molar-refractivity contribution is 0.148. The number of aryl methyl sites for hydroxylation is 1. The van der Waals surface area contributed by atoms with Crippen molar-refractivity contribution in [1.29, 1.82) is 0 Å². The van der Waals surface area contributed by atoms with Gasteiger partial charge >= 0.3 is 0 Å². The van der Waals surface area contributed by atoms with E-state index in [-0.39, 0.29) is 0 Å². The molecule has 0 atom stereocenters. The Morgan fingerprint density at radius 3 is 2.73 bits per heavy atom. The van der Waals surface area contributed by atoms with Crippen LogP contribution in [0.2, 0.25) is 0 Å². The maximum Gasteiger partial charge on any atom is 0.0930 e. The van der Waals surface area contributed by atoms with Crippen molar-refractivity contribution in [3.05, 3.63) is 58.8 Å². The summed E-state index contributed by atoms with van der Waals surface area (Å²) in [6.45, 7) is 10.9. The van der Waals surface area contributed by atoms with Gasteiger partial charge in [0.1, 0.15) is 0 Å². The molecule has 5 heteroatoms. The van der Waals surface area contributed by atoms with E-state index in [0.717, 1.165) is 56.9 Å². The molecule has 0 saturated carbocycles. The highest BCUT2D eigenvalue weighted by Gasteiger charge is 2.14. The lowest BCUT2D eigenvalue weighted by Gasteiger charge is -2.32. The van der Waals surface area contributed by atoms with E-state index in [0.29, 0.717) is 0 Å². The van der Waals surface area contributed by atoms with E-state index in [1.54, 1.807) is 0 Å². The molecule has 2 aromatic carbocycles. The van der Waals surface area contributed by atoms with Gasteiger partial charge in [-0.2, -0.15) is 5.10 Å². The molecular weight excluding hydrogens is 370 g/mol. The number of likely N-dealkylation sites (N-methyl/N-ethyl adjacent to an activating group) is 1. The largest absolute Gasteiger partial charge is 0.385 e. The molecule has 3 aromatic rings. The first-order chi connectivity index (χ1) is 14.6. The third-order valence-corrected chi connectivity index (χ3v) is 5.97. The zero-order valence-corrected chi connectivity index (χ0v) is 18.4. The Kier molecular flexibility index (Phi) is 6.50. The maximum absolute atomic E-state index is 4.56. The molecular formula is C25H33N5.